The molecule has 1 aliphatic carbocycles. The van der Waals surface area contributed by atoms with Gasteiger partial charge < -0.3 is 24.3 Å². The smallest absolute Gasteiger partial charge is 0.303 e. The van der Waals surface area contributed by atoms with E-state index in [9.17, 15) is 14.4 Å². The molecule has 1 aromatic rings. The fraction of sp³-hybridized carbons (Fsp3) is 0.526. The number of anilines is 1. The number of carbonyl (C=O) groups excluding carboxylic acids is 3. The van der Waals surface area contributed by atoms with Crippen LogP contribution >= 0.6 is 0 Å². The Labute approximate surface area is 157 Å². The second kappa shape index (κ2) is 7.19. The van der Waals surface area contributed by atoms with Gasteiger partial charge in [-0.2, -0.15) is 0 Å². The first-order valence-electron chi connectivity index (χ1n) is 8.72. The fourth-order valence-electron chi connectivity index (χ4n) is 3.61. The number of hydrogen-bond donors (Lipinski definition) is 1. The Morgan fingerprint density at radius 3 is 2.41 bits per heavy atom. The highest BCUT2D eigenvalue weighted by molar-refractivity contribution is 5.68. The molecule has 27 heavy (non-hydrogen) atoms. The average Bonchev–Trinajstić information content (AvgIpc) is 3.02. The second-order valence-corrected chi connectivity index (χ2v) is 6.92. The fourth-order valence-corrected chi connectivity index (χ4v) is 3.61. The van der Waals surface area contributed by atoms with Crippen LogP contribution in [0.15, 0.2) is 24.3 Å². The summed E-state index contributed by atoms with van der Waals surface area (Å²) < 4.78 is 22.0. The lowest BCUT2D eigenvalue weighted by atomic mass is 10.1. The average molecular weight is 377 g/mol. The van der Waals surface area contributed by atoms with Crippen LogP contribution in [0.25, 0.3) is 0 Å². The zero-order valence-corrected chi connectivity index (χ0v) is 15.7. The lowest BCUT2D eigenvalue weighted by Crippen LogP contribution is -2.41. The van der Waals surface area contributed by atoms with Crippen molar-refractivity contribution in [2.45, 2.75) is 51.7 Å². The van der Waals surface area contributed by atoms with Crippen molar-refractivity contribution in [1.82, 2.24) is 0 Å². The highest BCUT2D eigenvalue weighted by atomic mass is 16.7. The zero-order valence-electron chi connectivity index (χ0n) is 15.7. The predicted octanol–water partition coefficient (Wildman–Crippen LogP) is 1.56. The molecule has 0 bridgehead atoms. The topological polar surface area (TPSA) is 100 Å². The molecule has 1 heterocycles. The number of benzene rings is 1. The van der Waals surface area contributed by atoms with Crippen molar-refractivity contribution in [3.05, 3.63) is 29.8 Å². The molecule has 1 saturated carbocycles. The van der Waals surface area contributed by atoms with Crippen molar-refractivity contribution < 1.29 is 33.3 Å². The minimum Gasteiger partial charge on any atom is -0.463 e. The van der Waals surface area contributed by atoms with Gasteiger partial charge in [0.1, 0.15) is 12.7 Å². The van der Waals surface area contributed by atoms with Gasteiger partial charge in [-0.25, -0.2) is 0 Å². The monoisotopic (exact) mass is 377 g/mol. The first-order chi connectivity index (χ1) is 12.7. The van der Waals surface area contributed by atoms with Gasteiger partial charge in [-0.15, -0.1) is 0 Å². The van der Waals surface area contributed by atoms with Crippen LogP contribution < -0.4 is 5.32 Å². The van der Waals surface area contributed by atoms with E-state index in [-0.39, 0.29) is 6.61 Å². The molecule has 5 unspecified atom stereocenters. The molecule has 2 fully saturated rings. The van der Waals surface area contributed by atoms with E-state index >= 15 is 0 Å². The number of carbonyl (C=O) groups is 3. The van der Waals surface area contributed by atoms with Crippen LogP contribution in [0, 0.1) is 12.8 Å². The van der Waals surface area contributed by atoms with E-state index in [2.05, 4.69) is 5.32 Å². The summed E-state index contributed by atoms with van der Waals surface area (Å²) in [6.45, 7) is 5.75. The number of fused-ring (bicyclic) bond motifs is 1. The molecule has 0 amide bonds. The minimum atomic E-state index is -1.03. The van der Waals surface area contributed by atoms with E-state index in [4.69, 9.17) is 18.9 Å². The van der Waals surface area contributed by atoms with E-state index < -0.39 is 47.9 Å². The number of hydrogen-bond acceptors (Lipinski definition) is 8. The molecular formula is C19H23NO7. The van der Waals surface area contributed by atoms with Crippen molar-refractivity contribution in [2.75, 3.05) is 11.9 Å². The number of aryl methyl sites for hydroxylation is 1. The van der Waals surface area contributed by atoms with Crippen LogP contribution in [0.1, 0.15) is 26.3 Å². The second-order valence-electron chi connectivity index (χ2n) is 6.92. The molecule has 3 rings (SSSR count). The first-order valence-corrected chi connectivity index (χ1v) is 8.72. The molecule has 0 radical (unpaired) electrons. The maximum absolute atomic E-state index is 11.6. The van der Waals surface area contributed by atoms with E-state index in [0.29, 0.717) is 0 Å². The Hall–Kier alpha value is -2.61. The molecule has 1 N–H and O–H groups in total. The molecular weight excluding hydrogens is 354 g/mol. The Balaban J connectivity index is 1.83. The Kier molecular flexibility index (Phi) is 5.10. The third-order valence-electron chi connectivity index (χ3n) is 4.68. The number of ether oxygens (including phenoxy) is 4. The molecule has 1 aromatic carbocycles. The van der Waals surface area contributed by atoms with Gasteiger partial charge in [0.2, 0.25) is 0 Å². The van der Waals surface area contributed by atoms with Gasteiger partial charge in [0, 0.05) is 26.5 Å². The number of esters is 3. The van der Waals surface area contributed by atoms with Crippen molar-refractivity contribution in [2.24, 2.45) is 5.92 Å². The van der Waals surface area contributed by atoms with E-state index in [1.165, 1.54) is 20.8 Å². The molecule has 1 aliphatic heterocycles. The third kappa shape index (κ3) is 3.90. The van der Waals surface area contributed by atoms with Gasteiger partial charge in [-0.3, -0.25) is 14.4 Å². The van der Waals surface area contributed by atoms with Crippen LogP contribution in [-0.4, -0.2) is 48.6 Å². The maximum atomic E-state index is 11.6. The van der Waals surface area contributed by atoms with E-state index in [0.717, 1.165) is 11.3 Å². The Morgan fingerprint density at radius 2 is 1.81 bits per heavy atom. The third-order valence-corrected chi connectivity index (χ3v) is 4.68. The van der Waals surface area contributed by atoms with Gasteiger partial charge in [-0.1, -0.05) is 12.1 Å². The van der Waals surface area contributed by atoms with Gasteiger partial charge >= 0.3 is 17.9 Å². The lowest BCUT2D eigenvalue weighted by molar-refractivity contribution is -0.162. The summed E-state index contributed by atoms with van der Waals surface area (Å²) in [7, 11) is 0. The van der Waals surface area contributed by atoms with Crippen LogP contribution in [0.3, 0.4) is 0 Å². The number of nitrogens with one attached hydrogen (secondary N) is 1. The van der Waals surface area contributed by atoms with Gasteiger partial charge in [0.15, 0.2) is 17.9 Å². The summed E-state index contributed by atoms with van der Waals surface area (Å²) >= 11 is 0. The Bertz CT molecular complexity index is 764. The van der Waals surface area contributed by atoms with Crippen LogP contribution in [0.2, 0.25) is 0 Å². The van der Waals surface area contributed by atoms with Crippen LogP contribution in [0.5, 0.6) is 0 Å². The maximum Gasteiger partial charge on any atom is 0.303 e. The summed E-state index contributed by atoms with van der Waals surface area (Å²) in [4.78, 5) is 34.3. The molecule has 5 atom stereocenters. The summed E-state index contributed by atoms with van der Waals surface area (Å²) in [5.74, 6) is -1.85. The van der Waals surface area contributed by atoms with Crippen molar-refractivity contribution in [3.8, 4) is 0 Å². The van der Waals surface area contributed by atoms with Crippen LogP contribution in [0.4, 0.5) is 5.69 Å². The standard InChI is InChI=1S/C19H23NO7/c1-10-6-5-7-14(8-10)20-18-16(25-12(3)22)15-17(26-13(4)23)19(15,27-18)9-24-11(2)21/h5-8,15-18,20H,9H2,1-4H3. The molecule has 0 spiro atoms. The lowest BCUT2D eigenvalue weighted by Gasteiger charge is -2.27. The highest BCUT2D eigenvalue weighted by Crippen LogP contribution is 2.59. The summed E-state index contributed by atoms with van der Waals surface area (Å²) in [6, 6.07) is 7.65. The first kappa shape index (κ1) is 19.2. The predicted molar refractivity (Wildman–Crippen MR) is 93.6 cm³/mol. The normalized spacial score (nSPS) is 30.8. The van der Waals surface area contributed by atoms with Crippen LogP contribution in [-0.2, 0) is 33.3 Å². The molecule has 2 aliphatic rings. The van der Waals surface area contributed by atoms with Crippen molar-refractivity contribution in [3.63, 3.8) is 0 Å². The molecule has 0 aromatic heterocycles. The Morgan fingerprint density at radius 1 is 1.11 bits per heavy atom. The van der Waals surface area contributed by atoms with Crippen molar-refractivity contribution in [1.29, 1.82) is 0 Å². The quantitative estimate of drug-likeness (QED) is 0.589. The van der Waals surface area contributed by atoms with E-state index in [1.54, 1.807) is 0 Å². The SMILES string of the molecule is CC(=O)OCC12OC(Nc3cccc(C)c3)C(OC(C)=O)C1C2OC(C)=O. The number of rotatable bonds is 6. The molecule has 146 valence electrons. The van der Waals surface area contributed by atoms with Crippen molar-refractivity contribution >= 4 is 23.6 Å². The van der Waals surface area contributed by atoms with Gasteiger partial charge in [0.25, 0.3) is 0 Å². The summed E-state index contributed by atoms with van der Waals surface area (Å²) in [5, 5.41) is 3.20. The van der Waals surface area contributed by atoms with Gasteiger partial charge in [-0.05, 0) is 24.6 Å². The van der Waals surface area contributed by atoms with E-state index in [1.807, 2.05) is 31.2 Å². The summed E-state index contributed by atoms with van der Waals surface area (Å²) in [5.41, 5.74) is 0.823. The zero-order chi connectivity index (χ0) is 19.8. The van der Waals surface area contributed by atoms with Gasteiger partial charge in [0.05, 0.1) is 5.92 Å². The summed E-state index contributed by atoms with van der Waals surface area (Å²) in [6.07, 6.45) is -2.00. The molecule has 8 heteroatoms. The highest BCUT2D eigenvalue weighted by Gasteiger charge is 2.80. The molecule has 1 saturated heterocycles. The minimum absolute atomic E-state index is 0.0886. The molecule has 8 nitrogen and oxygen atoms in total. The largest absolute Gasteiger partial charge is 0.463 e.